The third-order valence-electron chi connectivity index (χ3n) is 3.51. The third-order valence-corrected chi connectivity index (χ3v) is 4.96. The van der Waals surface area contributed by atoms with E-state index in [2.05, 4.69) is 30.5 Å². The van der Waals surface area contributed by atoms with Crippen LogP contribution in [0.1, 0.15) is 21.6 Å². The van der Waals surface area contributed by atoms with Gasteiger partial charge >= 0.3 is 0 Å². The molecule has 2 aromatic rings. The number of hydrogen-bond donors (Lipinski definition) is 1. The summed E-state index contributed by atoms with van der Waals surface area (Å²) in [5, 5.41) is 6.87. The van der Waals surface area contributed by atoms with Crippen molar-refractivity contribution in [3.63, 3.8) is 0 Å². The van der Waals surface area contributed by atoms with Crippen molar-refractivity contribution >= 4 is 37.6 Å². The van der Waals surface area contributed by atoms with Crippen LogP contribution >= 0.6 is 15.9 Å². The number of benzene rings is 1. The fourth-order valence-electron chi connectivity index (χ4n) is 2.22. The zero-order valence-electron chi connectivity index (χ0n) is 14.9. The molecule has 0 spiro atoms. The molecule has 0 saturated carbocycles. The zero-order chi connectivity index (χ0) is 19.5. The number of aryl methyl sites for hydroxylation is 3. The minimum absolute atomic E-state index is 0.0323. The monoisotopic (exact) mass is 445 g/mol. The summed E-state index contributed by atoms with van der Waals surface area (Å²) in [5.41, 5.74) is 2.81. The van der Waals surface area contributed by atoms with E-state index in [-0.39, 0.29) is 30.6 Å². The van der Waals surface area contributed by atoms with E-state index in [0.717, 1.165) is 21.9 Å². The summed E-state index contributed by atoms with van der Waals surface area (Å²) in [6.07, 6.45) is 2.35. The molecule has 0 unspecified atom stereocenters. The number of aromatic nitrogens is 2. The summed E-state index contributed by atoms with van der Waals surface area (Å²) in [4.78, 5) is 12.7. The Kier molecular flexibility index (Phi) is 6.43. The molecule has 142 valence electrons. The molecule has 0 aliphatic rings. The number of nitrogens with zero attached hydrogens (tertiary/aromatic N) is 2. The SMILES string of the molecule is Cc1cc(NC(=O)c2c(OCCOS(C)(=O)=O)cnn2C)c(C)cc1Br. The van der Waals surface area contributed by atoms with Crippen LogP contribution < -0.4 is 10.1 Å². The molecule has 0 atom stereocenters. The molecule has 8 nitrogen and oxygen atoms in total. The predicted molar refractivity (Wildman–Crippen MR) is 101 cm³/mol. The molecule has 0 aliphatic heterocycles. The Balaban J connectivity index is 2.12. The summed E-state index contributed by atoms with van der Waals surface area (Å²) in [5.74, 6) is -0.137. The highest BCUT2D eigenvalue weighted by molar-refractivity contribution is 9.10. The molecular weight excluding hydrogens is 426 g/mol. The minimum Gasteiger partial charge on any atom is -0.487 e. The Labute approximate surface area is 160 Å². The van der Waals surface area contributed by atoms with Crippen LogP contribution in [0, 0.1) is 13.8 Å². The van der Waals surface area contributed by atoms with Crippen LogP contribution in [0.15, 0.2) is 22.8 Å². The highest BCUT2D eigenvalue weighted by Crippen LogP contribution is 2.26. The molecule has 0 radical (unpaired) electrons. The van der Waals surface area contributed by atoms with Gasteiger partial charge in [-0.15, -0.1) is 0 Å². The Morgan fingerprint density at radius 3 is 2.62 bits per heavy atom. The predicted octanol–water partition coefficient (Wildman–Crippen LogP) is 2.41. The van der Waals surface area contributed by atoms with Crippen LogP contribution in [-0.2, 0) is 21.3 Å². The van der Waals surface area contributed by atoms with Crippen LogP contribution in [0.2, 0.25) is 0 Å². The normalized spacial score (nSPS) is 11.4. The molecule has 0 bridgehead atoms. The molecular formula is C16H20BrN3O5S. The Bertz CT molecular complexity index is 924. The van der Waals surface area contributed by atoms with Crippen molar-refractivity contribution < 1.29 is 22.1 Å². The second-order valence-electron chi connectivity index (χ2n) is 5.73. The fourth-order valence-corrected chi connectivity index (χ4v) is 3.04. The van der Waals surface area contributed by atoms with Gasteiger partial charge in [0, 0.05) is 17.2 Å². The van der Waals surface area contributed by atoms with Crippen molar-refractivity contribution in [3.05, 3.63) is 39.6 Å². The molecule has 26 heavy (non-hydrogen) atoms. The largest absolute Gasteiger partial charge is 0.487 e. The van der Waals surface area contributed by atoms with Gasteiger partial charge in [-0.2, -0.15) is 13.5 Å². The van der Waals surface area contributed by atoms with Crippen LogP contribution in [0.25, 0.3) is 0 Å². The maximum absolute atomic E-state index is 12.7. The summed E-state index contributed by atoms with van der Waals surface area (Å²) in [7, 11) is -1.92. The lowest BCUT2D eigenvalue weighted by molar-refractivity contribution is 0.101. The van der Waals surface area contributed by atoms with Gasteiger partial charge in [0.25, 0.3) is 16.0 Å². The van der Waals surface area contributed by atoms with E-state index >= 15 is 0 Å². The average Bonchev–Trinajstić information content (AvgIpc) is 2.89. The molecule has 1 aromatic heterocycles. The van der Waals surface area contributed by atoms with Crippen molar-refractivity contribution in [1.29, 1.82) is 0 Å². The number of halogens is 1. The van der Waals surface area contributed by atoms with E-state index in [4.69, 9.17) is 4.74 Å². The number of hydrogen-bond acceptors (Lipinski definition) is 6. The molecule has 0 aliphatic carbocycles. The highest BCUT2D eigenvalue weighted by atomic mass is 79.9. The molecule has 1 heterocycles. The van der Waals surface area contributed by atoms with E-state index < -0.39 is 10.1 Å². The molecule has 10 heteroatoms. The average molecular weight is 446 g/mol. The van der Waals surface area contributed by atoms with Gasteiger partial charge in [-0.1, -0.05) is 15.9 Å². The maximum atomic E-state index is 12.7. The maximum Gasteiger partial charge on any atom is 0.277 e. The van der Waals surface area contributed by atoms with Crippen molar-refractivity contribution in [2.24, 2.45) is 7.05 Å². The molecule has 0 saturated heterocycles. The fraction of sp³-hybridized carbons (Fsp3) is 0.375. The van der Waals surface area contributed by atoms with Gasteiger partial charge in [0.05, 0.1) is 12.5 Å². The third kappa shape index (κ3) is 5.29. The quantitative estimate of drug-likeness (QED) is 0.518. The Morgan fingerprint density at radius 1 is 1.27 bits per heavy atom. The number of carbonyl (C=O) groups is 1. The van der Waals surface area contributed by atoms with E-state index in [1.165, 1.54) is 10.9 Å². The first-order chi connectivity index (χ1) is 12.1. The lowest BCUT2D eigenvalue weighted by Crippen LogP contribution is -2.19. The lowest BCUT2D eigenvalue weighted by atomic mass is 10.1. The van der Waals surface area contributed by atoms with Crippen molar-refractivity contribution in [1.82, 2.24) is 9.78 Å². The van der Waals surface area contributed by atoms with Gasteiger partial charge in [0.15, 0.2) is 11.4 Å². The van der Waals surface area contributed by atoms with Crippen molar-refractivity contribution in [3.8, 4) is 5.75 Å². The standard InChI is InChI=1S/C16H20BrN3O5S/c1-10-8-13(11(2)7-12(10)17)19-16(21)15-14(9-18-20(15)3)24-5-6-25-26(4,22)23/h7-9H,5-6H2,1-4H3,(H,19,21). The molecule has 1 aromatic carbocycles. The summed E-state index contributed by atoms with van der Waals surface area (Å²) in [6.45, 7) is 3.64. The summed E-state index contributed by atoms with van der Waals surface area (Å²) >= 11 is 3.46. The minimum atomic E-state index is -3.54. The van der Waals surface area contributed by atoms with Crippen LogP contribution in [0.3, 0.4) is 0 Å². The number of ether oxygens (including phenoxy) is 1. The van der Waals surface area contributed by atoms with E-state index in [9.17, 15) is 13.2 Å². The van der Waals surface area contributed by atoms with E-state index in [0.29, 0.717) is 5.69 Å². The first-order valence-corrected chi connectivity index (χ1v) is 10.3. The van der Waals surface area contributed by atoms with Crippen LogP contribution in [0.5, 0.6) is 5.75 Å². The van der Waals surface area contributed by atoms with Crippen LogP contribution in [-0.4, -0.2) is 43.6 Å². The number of amides is 1. The first-order valence-electron chi connectivity index (χ1n) is 7.66. The smallest absolute Gasteiger partial charge is 0.277 e. The molecule has 1 N–H and O–H groups in total. The number of rotatable bonds is 7. The first kappa shape index (κ1) is 20.4. The number of anilines is 1. The van der Waals surface area contributed by atoms with Gasteiger partial charge < -0.3 is 10.1 Å². The molecule has 1 amide bonds. The number of nitrogens with one attached hydrogen (secondary N) is 1. The van der Waals surface area contributed by atoms with Gasteiger partial charge in [-0.3, -0.25) is 13.7 Å². The van der Waals surface area contributed by atoms with E-state index in [1.54, 1.807) is 7.05 Å². The second kappa shape index (κ2) is 8.19. The molecule has 2 rings (SSSR count). The zero-order valence-corrected chi connectivity index (χ0v) is 17.3. The lowest BCUT2D eigenvalue weighted by Gasteiger charge is -2.12. The Morgan fingerprint density at radius 2 is 1.96 bits per heavy atom. The summed E-state index contributed by atoms with van der Waals surface area (Å²) in [6, 6.07) is 3.79. The van der Waals surface area contributed by atoms with Crippen molar-refractivity contribution in [2.45, 2.75) is 13.8 Å². The van der Waals surface area contributed by atoms with Gasteiger partial charge in [0.1, 0.15) is 13.2 Å². The highest BCUT2D eigenvalue weighted by Gasteiger charge is 2.19. The van der Waals surface area contributed by atoms with Gasteiger partial charge in [-0.25, -0.2) is 0 Å². The summed E-state index contributed by atoms with van der Waals surface area (Å²) < 4.78 is 34.3. The van der Waals surface area contributed by atoms with Crippen LogP contribution in [0.4, 0.5) is 5.69 Å². The van der Waals surface area contributed by atoms with Gasteiger partial charge in [0.2, 0.25) is 0 Å². The topological polar surface area (TPSA) is 99.5 Å². The second-order valence-corrected chi connectivity index (χ2v) is 8.22. The molecule has 0 fully saturated rings. The Hall–Kier alpha value is -1.91. The van der Waals surface area contributed by atoms with Crippen molar-refractivity contribution in [2.75, 3.05) is 24.8 Å². The number of carbonyl (C=O) groups excluding carboxylic acids is 1. The van der Waals surface area contributed by atoms with Gasteiger partial charge in [-0.05, 0) is 37.1 Å². The van der Waals surface area contributed by atoms with E-state index in [1.807, 2.05) is 26.0 Å².